The van der Waals surface area contributed by atoms with Gasteiger partial charge < -0.3 is 14.2 Å². The van der Waals surface area contributed by atoms with Gasteiger partial charge in [0.25, 0.3) is 5.91 Å². The number of hydrogen-bond acceptors (Lipinski definition) is 5. The van der Waals surface area contributed by atoms with Gasteiger partial charge >= 0.3 is 0 Å². The van der Waals surface area contributed by atoms with Crippen molar-refractivity contribution in [3.63, 3.8) is 0 Å². The van der Waals surface area contributed by atoms with Gasteiger partial charge in [-0.05, 0) is 62.6 Å². The highest BCUT2D eigenvalue weighted by molar-refractivity contribution is 5.94. The molecule has 4 rings (SSSR count). The van der Waals surface area contributed by atoms with E-state index in [4.69, 9.17) is 9.26 Å². The number of aromatic nitrogens is 2. The lowest BCUT2D eigenvalue weighted by molar-refractivity contribution is 0.0667. The van der Waals surface area contributed by atoms with Gasteiger partial charge in [-0.15, -0.1) is 0 Å². The van der Waals surface area contributed by atoms with Crippen LogP contribution in [0.15, 0.2) is 22.7 Å². The minimum absolute atomic E-state index is 0.0880. The Bertz CT molecular complexity index is 848. The molecule has 156 valence electrons. The van der Waals surface area contributed by atoms with E-state index in [1.807, 2.05) is 4.90 Å². The van der Waals surface area contributed by atoms with E-state index in [2.05, 4.69) is 10.1 Å². The van der Waals surface area contributed by atoms with Crippen LogP contribution in [-0.4, -0.2) is 47.3 Å². The first-order valence-corrected chi connectivity index (χ1v) is 10.6. The maximum atomic E-state index is 13.8. The number of likely N-dealkylation sites (tertiary alicyclic amines) is 1. The summed E-state index contributed by atoms with van der Waals surface area (Å²) in [5.74, 6) is 1.76. The molecule has 3 heterocycles. The van der Waals surface area contributed by atoms with Crippen molar-refractivity contribution in [1.82, 2.24) is 15.0 Å². The van der Waals surface area contributed by atoms with Gasteiger partial charge in [0.15, 0.2) is 5.82 Å². The van der Waals surface area contributed by atoms with Crippen molar-refractivity contribution < 1.29 is 18.4 Å². The molecule has 0 saturated carbocycles. The molecule has 1 aromatic carbocycles. The first kappa shape index (κ1) is 20.0. The summed E-state index contributed by atoms with van der Waals surface area (Å²) in [6, 6.07) is 4.72. The topological polar surface area (TPSA) is 68.5 Å². The first-order chi connectivity index (χ1) is 14.1. The number of piperidine rings is 1. The van der Waals surface area contributed by atoms with Crippen molar-refractivity contribution in [1.29, 1.82) is 0 Å². The van der Waals surface area contributed by atoms with E-state index in [9.17, 15) is 9.18 Å². The third-order valence-corrected chi connectivity index (χ3v) is 6.06. The number of amides is 1. The normalized spacial score (nSPS) is 20.8. The van der Waals surface area contributed by atoms with E-state index in [-0.39, 0.29) is 11.7 Å². The Labute approximate surface area is 170 Å². The van der Waals surface area contributed by atoms with Crippen LogP contribution in [0.5, 0.6) is 0 Å². The lowest BCUT2D eigenvalue weighted by Gasteiger charge is -2.32. The van der Waals surface area contributed by atoms with E-state index < -0.39 is 0 Å². The van der Waals surface area contributed by atoms with Crippen LogP contribution in [0.1, 0.15) is 65.7 Å². The number of halogens is 1. The smallest absolute Gasteiger partial charge is 0.253 e. The summed E-state index contributed by atoms with van der Waals surface area (Å²) < 4.78 is 24.7. The monoisotopic (exact) mass is 401 g/mol. The summed E-state index contributed by atoms with van der Waals surface area (Å²) in [4.78, 5) is 19.2. The molecule has 0 N–H and O–H groups in total. The molecule has 2 aromatic rings. The number of benzene rings is 1. The first-order valence-electron chi connectivity index (χ1n) is 10.6. The predicted molar refractivity (Wildman–Crippen MR) is 105 cm³/mol. The fraction of sp³-hybridized carbons (Fsp3) is 0.591. The minimum Gasteiger partial charge on any atom is -0.381 e. The molecule has 7 heteroatoms. The Morgan fingerprint density at radius 1 is 1.28 bits per heavy atom. The third kappa shape index (κ3) is 4.83. The zero-order valence-corrected chi connectivity index (χ0v) is 16.9. The maximum Gasteiger partial charge on any atom is 0.253 e. The summed E-state index contributed by atoms with van der Waals surface area (Å²) in [7, 11) is 0. The maximum absolute atomic E-state index is 13.8. The average molecular weight is 401 g/mol. The summed E-state index contributed by atoms with van der Waals surface area (Å²) in [5, 5.41) is 4.15. The second kappa shape index (κ2) is 9.03. The molecule has 1 atom stereocenters. The Kier molecular flexibility index (Phi) is 6.23. The van der Waals surface area contributed by atoms with Crippen LogP contribution in [0.4, 0.5) is 4.39 Å². The highest BCUT2D eigenvalue weighted by Gasteiger charge is 2.26. The molecule has 0 radical (unpaired) electrons. The van der Waals surface area contributed by atoms with Gasteiger partial charge in [-0.2, -0.15) is 4.98 Å². The van der Waals surface area contributed by atoms with Gasteiger partial charge in [0, 0.05) is 44.2 Å². The number of ether oxygens (including phenoxy) is 1. The van der Waals surface area contributed by atoms with E-state index >= 15 is 0 Å². The number of aryl methyl sites for hydroxylation is 2. The molecule has 1 aromatic heterocycles. The van der Waals surface area contributed by atoms with Crippen LogP contribution in [0.3, 0.4) is 0 Å². The zero-order chi connectivity index (χ0) is 20.2. The number of hydrogen-bond donors (Lipinski definition) is 0. The van der Waals surface area contributed by atoms with E-state index in [1.165, 1.54) is 6.07 Å². The van der Waals surface area contributed by atoms with Crippen LogP contribution in [0.25, 0.3) is 0 Å². The molecule has 2 aliphatic heterocycles. The molecule has 0 aliphatic carbocycles. The molecule has 0 bridgehead atoms. The number of carbonyl (C=O) groups is 1. The summed E-state index contributed by atoms with van der Waals surface area (Å²) in [6.07, 6.45) is 5.57. The van der Waals surface area contributed by atoms with Crippen LogP contribution < -0.4 is 0 Å². The van der Waals surface area contributed by atoms with Crippen molar-refractivity contribution >= 4 is 5.91 Å². The van der Waals surface area contributed by atoms with E-state index in [0.717, 1.165) is 70.0 Å². The summed E-state index contributed by atoms with van der Waals surface area (Å²) >= 11 is 0. The van der Waals surface area contributed by atoms with Gasteiger partial charge in [-0.3, -0.25) is 4.79 Å². The Hall–Kier alpha value is -2.28. The lowest BCUT2D eigenvalue weighted by atomic mass is 9.92. The lowest BCUT2D eigenvalue weighted by Crippen LogP contribution is -2.40. The fourth-order valence-corrected chi connectivity index (χ4v) is 4.21. The van der Waals surface area contributed by atoms with Crippen LogP contribution in [0.2, 0.25) is 0 Å². The van der Waals surface area contributed by atoms with Crippen molar-refractivity contribution in [2.24, 2.45) is 5.92 Å². The molecule has 6 nitrogen and oxygen atoms in total. The van der Waals surface area contributed by atoms with Crippen LogP contribution >= 0.6 is 0 Å². The number of carbonyl (C=O) groups excluding carboxylic acids is 1. The third-order valence-electron chi connectivity index (χ3n) is 6.06. The van der Waals surface area contributed by atoms with Gasteiger partial charge in [-0.1, -0.05) is 11.2 Å². The molecule has 2 aliphatic rings. The molecule has 1 amide bonds. The van der Waals surface area contributed by atoms with Gasteiger partial charge in [0.05, 0.1) is 0 Å². The van der Waals surface area contributed by atoms with Crippen LogP contribution in [0, 0.1) is 18.7 Å². The number of rotatable bonds is 5. The van der Waals surface area contributed by atoms with E-state index in [0.29, 0.717) is 29.5 Å². The standard InChI is InChI=1S/C22H28FN3O3/c1-15-4-6-18(13-19(15)23)22(27)26-10-2-3-16(14-26)5-7-20-24-21(29-25-20)17-8-11-28-12-9-17/h4,6,13,16-17H,2-3,5,7-12,14H2,1H3. The quantitative estimate of drug-likeness (QED) is 0.760. The van der Waals surface area contributed by atoms with Crippen molar-refractivity contribution in [2.45, 2.75) is 51.4 Å². The molecular formula is C22H28FN3O3. The minimum atomic E-state index is -0.332. The van der Waals surface area contributed by atoms with Gasteiger partial charge in [0.1, 0.15) is 5.82 Å². The zero-order valence-electron chi connectivity index (χ0n) is 16.9. The molecule has 2 saturated heterocycles. The average Bonchev–Trinajstić information content (AvgIpc) is 3.24. The van der Waals surface area contributed by atoms with Gasteiger partial charge in [0.2, 0.25) is 5.89 Å². The second-order valence-electron chi connectivity index (χ2n) is 8.20. The van der Waals surface area contributed by atoms with Crippen molar-refractivity contribution in [3.8, 4) is 0 Å². The molecular weight excluding hydrogens is 373 g/mol. The predicted octanol–water partition coefficient (Wildman–Crippen LogP) is 3.90. The van der Waals surface area contributed by atoms with Crippen molar-refractivity contribution in [3.05, 3.63) is 46.9 Å². The SMILES string of the molecule is Cc1ccc(C(=O)N2CCCC(CCc3noc(C4CCOCC4)n3)C2)cc1F. The highest BCUT2D eigenvalue weighted by atomic mass is 19.1. The van der Waals surface area contributed by atoms with E-state index in [1.54, 1.807) is 19.1 Å². The Balaban J connectivity index is 1.31. The van der Waals surface area contributed by atoms with Crippen LogP contribution in [-0.2, 0) is 11.2 Å². The van der Waals surface area contributed by atoms with Gasteiger partial charge in [-0.25, -0.2) is 4.39 Å². The number of nitrogens with zero attached hydrogens (tertiary/aromatic N) is 3. The van der Waals surface area contributed by atoms with Crippen molar-refractivity contribution in [2.75, 3.05) is 26.3 Å². The summed E-state index contributed by atoms with van der Waals surface area (Å²) in [5.41, 5.74) is 0.978. The highest BCUT2D eigenvalue weighted by Crippen LogP contribution is 2.27. The summed E-state index contributed by atoms with van der Waals surface area (Å²) in [6.45, 7) is 4.62. The Morgan fingerprint density at radius 2 is 2.10 bits per heavy atom. The molecule has 0 spiro atoms. The molecule has 29 heavy (non-hydrogen) atoms. The largest absolute Gasteiger partial charge is 0.381 e. The molecule has 1 unspecified atom stereocenters. The Morgan fingerprint density at radius 3 is 2.90 bits per heavy atom. The molecule has 2 fully saturated rings. The fourth-order valence-electron chi connectivity index (χ4n) is 4.21. The second-order valence-corrected chi connectivity index (χ2v) is 8.20.